The Hall–Kier alpha value is -0.890. The van der Waals surface area contributed by atoms with Gasteiger partial charge in [0, 0.05) is 38.6 Å². The molecule has 1 heterocycles. The number of nitrogens with zero attached hydrogens (tertiary/aromatic N) is 2. The van der Waals surface area contributed by atoms with Crippen LogP contribution < -0.4 is 10.1 Å². The van der Waals surface area contributed by atoms with Crippen LogP contribution in [0.4, 0.5) is 0 Å². The third-order valence-electron chi connectivity index (χ3n) is 3.02. The second kappa shape index (κ2) is 5.62. The Morgan fingerprint density at radius 3 is 2.63 bits per heavy atom. The topological polar surface area (TPSA) is 66.4 Å². The van der Waals surface area contributed by atoms with Crippen molar-refractivity contribution in [3.05, 3.63) is 18.0 Å². The molecule has 0 aliphatic heterocycles. The standard InChI is InChI=1S/C12H22N4O2S/c1-4-13-8-11-7-12(9-16(11)10-5-6-10)19(17,18)14-15(2)3/h7,9-10,13-14H,4-6,8H2,1-3H3. The number of hydrogen-bond acceptors (Lipinski definition) is 4. The van der Waals surface area contributed by atoms with E-state index >= 15 is 0 Å². The van der Waals surface area contributed by atoms with Crippen molar-refractivity contribution in [2.45, 2.75) is 37.2 Å². The highest BCUT2D eigenvalue weighted by atomic mass is 32.2. The lowest BCUT2D eigenvalue weighted by Gasteiger charge is -2.10. The van der Waals surface area contributed by atoms with Gasteiger partial charge in [0.05, 0.1) is 0 Å². The highest BCUT2D eigenvalue weighted by Crippen LogP contribution is 2.37. The summed E-state index contributed by atoms with van der Waals surface area (Å²) in [5, 5.41) is 4.68. The van der Waals surface area contributed by atoms with Crippen molar-refractivity contribution < 1.29 is 8.42 Å². The summed E-state index contributed by atoms with van der Waals surface area (Å²) in [6.45, 7) is 3.61. The molecule has 2 rings (SSSR count). The Bertz CT molecular complexity index is 532. The minimum atomic E-state index is -3.46. The fourth-order valence-corrected chi connectivity index (χ4v) is 3.15. The van der Waals surface area contributed by atoms with E-state index < -0.39 is 10.0 Å². The van der Waals surface area contributed by atoms with Crippen LogP contribution in [0.15, 0.2) is 17.2 Å². The minimum absolute atomic E-state index is 0.334. The van der Waals surface area contributed by atoms with E-state index in [4.69, 9.17) is 0 Å². The number of rotatable bonds is 7. The number of nitrogens with one attached hydrogen (secondary N) is 2. The predicted molar refractivity (Wildman–Crippen MR) is 74.1 cm³/mol. The molecular weight excluding hydrogens is 264 g/mol. The van der Waals surface area contributed by atoms with Crippen LogP contribution in [-0.2, 0) is 16.6 Å². The number of aromatic nitrogens is 1. The van der Waals surface area contributed by atoms with Crippen LogP contribution in [0.2, 0.25) is 0 Å². The van der Waals surface area contributed by atoms with Crippen LogP contribution in [0.1, 0.15) is 31.5 Å². The molecule has 0 unspecified atom stereocenters. The molecule has 1 aliphatic carbocycles. The summed E-state index contributed by atoms with van der Waals surface area (Å²) in [5.41, 5.74) is 1.03. The summed E-state index contributed by atoms with van der Waals surface area (Å²) in [4.78, 5) is 2.80. The number of hydrazine groups is 1. The SMILES string of the molecule is CCNCc1cc(S(=O)(=O)NN(C)C)cn1C1CC1. The van der Waals surface area contributed by atoms with E-state index in [0.29, 0.717) is 17.5 Å². The van der Waals surface area contributed by atoms with Gasteiger partial charge >= 0.3 is 0 Å². The van der Waals surface area contributed by atoms with Crippen molar-refractivity contribution in [1.29, 1.82) is 0 Å². The average Bonchev–Trinajstić information content (AvgIpc) is 3.05. The predicted octanol–water partition coefficient (Wildman–Crippen LogP) is 0.687. The monoisotopic (exact) mass is 286 g/mol. The third-order valence-corrected chi connectivity index (χ3v) is 4.47. The minimum Gasteiger partial charge on any atom is -0.346 e. The Balaban J connectivity index is 2.26. The first kappa shape index (κ1) is 14.5. The van der Waals surface area contributed by atoms with Gasteiger partial charge in [-0.1, -0.05) is 6.92 Å². The van der Waals surface area contributed by atoms with Crippen LogP contribution in [0.25, 0.3) is 0 Å². The fraction of sp³-hybridized carbons (Fsp3) is 0.667. The normalized spacial score (nSPS) is 16.2. The fourth-order valence-electron chi connectivity index (χ4n) is 2.02. The van der Waals surface area contributed by atoms with Crippen LogP contribution in [-0.4, -0.2) is 38.6 Å². The van der Waals surface area contributed by atoms with E-state index in [1.54, 1.807) is 26.4 Å². The Kier molecular flexibility index (Phi) is 4.29. The molecule has 0 amide bonds. The largest absolute Gasteiger partial charge is 0.346 e. The molecule has 19 heavy (non-hydrogen) atoms. The highest BCUT2D eigenvalue weighted by molar-refractivity contribution is 7.89. The van der Waals surface area contributed by atoms with Crippen molar-refractivity contribution in [2.75, 3.05) is 20.6 Å². The average molecular weight is 286 g/mol. The molecule has 1 fully saturated rings. The molecule has 108 valence electrons. The Morgan fingerprint density at radius 2 is 2.11 bits per heavy atom. The zero-order valence-corrected chi connectivity index (χ0v) is 12.5. The van der Waals surface area contributed by atoms with Crippen LogP contribution in [0.3, 0.4) is 0 Å². The second-order valence-electron chi connectivity index (χ2n) is 5.08. The highest BCUT2D eigenvalue weighted by Gasteiger charge is 2.28. The molecule has 2 N–H and O–H groups in total. The van der Waals surface area contributed by atoms with Gasteiger partial charge in [0.2, 0.25) is 0 Å². The van der Waals surface area contributed by atoms with Gasteiger partial charge in [-0.3, -0.25) is 0 Å². The van der Waals surface area contributed by atoms with E-state index in [1.807, 2.05) is 6.92 Å². The Morgan fingerprint density at radius 1 is 1.42 bits per heavy atom. The van der Waals surface area contributed by atoms with Gasteiger partial charge in [-0.05, 0) is 25.5 Å². The smallest absolute Gasteiger partial charge is 0.254 e. The van der Waals surface area contributed by atoms with Gasteiger partial charge in [0.15, 0.2) is 0 Å². The lowest BCUT2D eigenvalue weighted by Crippen LogP contribution is -2.35. The molecule has 7 heteroatoms. The van der Waals surface area contributed by atoms with Crippen molar-refractivity contribution >= 4 is 10.0 Å². The molecule has 0 bridgehead atoms. The molecule has 1 aliphatic rings. The maximum atomic E-state index is 12.1. The molecule has 0 radical (unpaired) electrons. The van der Waals surface area contributed by atoms with Gasteiger partial charge in [0.1, 0.15) is 4.90 Å². The van der Waals surface area contributed by atoms with Crippen LogP contribution in [0, 0.1) is 0 Å². The van der Waals surface area contributed by atoms with Gasteiger partial charge in [-0.2, -0.15) is 0 Å². The molecule has 1 aromatic rings. The van der Waals surface area contributed by atoms with Crippen molar-refractivity contribution in [3.8, 4) is 0 Å². The van der Waals surface area contributed by atoms with Gasteiger partial charge in [-0.25, -0.2) is 13.4 Å². The molecule has 0 atom stereocenters. The van der Waals surface area contributed by atoms with E-state index in [2.05, 4.69) is 14.7 Å². The number of hydrogen-bond donors (Lipinski definition) is 2. The van der Waals surface area contributed by atoms with Gasteiger partial charge < -0.3 is 9.88 Å². The number of sulfonamides is 1. The molecule has 0 spiro atoms. The molecule has 0 aromatic carbocycles. The molecule has 1 aromatic heterocycles. The maximum absolute atomic E-state index is 12.1. The summed E-state index contributed by atoms with van der Waals surface area (Å²) in [6, 6.07) is 2.23. The summed E-state index contributed by atoms with van der Waals surface area (Å²) in [5.74, 6) is 0. The van der Waals surface area contributed by atoms with Crippen molar-refractivity contribution in [3.63, 3.8) is 0 Å². The third kappa shape index (κ3) is 3.56. The van der Waals surface area contributed by atoms with E-state index in [0.717, 1.165) is 25.1 Å². The van der Waals surface area contributed by atoms with Crippen molar-refractivity contribution in [2.24, 2.45) is 0 Å². The first-order valence-electron chi connectivity index (χ1n) is 6.55. The molecule has 1 saturated carbocycles. The molecular formula is C12H22N4O2S. The van der Waals surface area contributed by atoms with Crippen LogP contribution >= 0.6 is 0 Å². The van der Waals surface area contributed by atoms with E-state index in [-0.39, 0.29) is 0 Å². The quantitative estimate of drug-likeness (QED) is 0.724. The van der Waals surface area contributed by atoms with Gasteiger partial charge in [-0.15, -0.1) is 4.83 Å². The first-order chi connectivity index (χ1) is 8.94. The zero-order valence-electron chi connectivity index (χ0n) is 11.7. The Labute approximate surface area is 114 Å². The molecule has 0 saturated heterocycles. The molecule has 6 nitrogen and oxygen atoms in total. The second-order valence-corrected chi connectivity index (χ2v) is 6.74. The first-order valence-corrected chi connectivity index (χ1v) is 8.03. The van der Waals surface area contributed by atoms with Crippen molar-refractivity contribution in [1.82, 2.24) is 19.7 Å². The lowest BCUT2D eigenvalue weighted by atomic mass is 10.4. The van der Waals surface area contributed by atoms with E-state index in [1.165, 1.54) is 5.01 Å². The summed E-state index contributed by atoms with van der Waals surface area (Å²) in [6.07, 6.45) is 4.01. The van der Waals surface area contributed by atoms with Crippen LogP contribution in [0.5, 0.6) is 0 Å². The van der Waals surface area contributed by atoms with Gasteiger partial charge in [0.25, 0.3) is 10.0 Å². The lowest BCUT2D eigenvalue weighted by molar-refractivity contribution is 0.364. The maximum Gasteiger partial charge on any atom is 0.254 e. The zero-order chi connectivity index (χ0) is 14.0. The van der Waals surface area contributed by atoms with E-state index in [9.17, 15) is 8.42 Å². The summed E-state index contributed by atoms with van der Waals surface area (Å²) in [7, 11) is -0.141. The summed E-state index contributed by atoms with van der Waals surface area (Å²) < 4.78 is 26.4. The summed E-state index contributed by atoms with van der Waals surface area (Å²) >= 11 is 0.